The third-order valence-electron chi connectivity index (χ3n) is 2.45. The van der Waals surface area contributed by atoms with Gasteiger partial charge in [0.25, 0.3) is 0 Å². The molecular formula is C12H12ClFN4O. The molecule has 1 aromatic heterocycles. The molecule has 100 valence electrons. The molecule has 0 spiro atoms. The fraction of sp³-hybridized carbons (Fsp3) is 0.167. The molecule has 0 atom stereocenters. The molecule has 1 aromatic carbocycles. The predicted molar refractivity (Wildman–Crippen MR) is 71.7 cm³/mol. The smallest absolute Gasteiger partial charge is 0.223 e. The number of nitrogens with one attached hydrogen (secondary N) is 1. The van der Waals surface area contributed by atoms with Gasteiger partial charge in [-0.25, -0.2) is 9.37 Å². The molecule has 19 heavy (non-hydrogen) atoms. The summed E-state index contributed by atoms with van der Waals surface area (Å²) >= 11 is 5.75. The molecule has 1 heterocycles. The summed E-state index contributed by atoms with van der Waals surface area (Å²) in [5.74, 6) is 0.568. The number of methoxy groups -OCH3 is 1. The van der Waals surface area contributed by atoms with Crippen molar-refractivity contribution in [2.24, 2.45) is 0 Å². The van der Waals surface area contributed by atoms with E-state index in [-0.39, 0.29) is 23.5 Å². The second-order valence-electron chi connectivity index (χ2n) is 3.71. The molecule has 0 aliphatic carbocycles. The Morgan fingerprint density at radius 3 is 2.89 bits per heavy atom. The monoisotopic (exact) mass is 282 g/mol. The molecule has 3 N–H and O–H groups in total. The first-order valence-corrected chi connectivity index (χ1v) is 5.83. The summed E-state index contributed by atoms with van der Waals surface area (Å²) in [5.41, 5.74) is 5.87. The van der Waals surface area contributed by atoms with Gasteiger partial charge in [-0.05, 0) is 12.1 Å². The molecule has 0 radical (unpaired) electrons. The van der Waals surface area contributed by atoms with Crippen LogP contribution in [0.3, 0.4) is 0 Å². The molecule has 2 aromatic rings. The Balaban J connectivity index is 2.18. The van der Waals surface area contributed by atoms with Gasteiger partial charge in [-0.3, -0.25) is 0 Å². The maximum atomic E-state index is 13.7. The average molecular weight is 283 g/mol. The molecule has 0 bridgehead atoms. The summed E-state index contributed by atoms with van der Waals surface area (Å²) in [6.07, 6.45) is 0. The van der Waals surface area contributed by atoms with Crippen molar-refractivity contribution in [3.63, 3.8) is 0 Å². The summed E-state index contributed by atoms with van der Waals surface area (Å²) in [5, 5.41) is 3.14. The van der Waals surface area contributed by atoms with Crippen LogP contribution in [0.1, 0.15) is 5.56 Å². The lowest BCUT2D eigenvalue weighted by Gasteiger charge is -2.11. The van der Waals surface area contributed by atoms with Crippen molar-refractivity contribution in [2.45, 2.75) is 6.54 Å². The quantitative estimate of drug-likeness (QED) is 0.843. The van der Waals surface area contributed by atoms with E-state index in [1.54, 1.807) is 12.1 Å². The van der Waals surface area contributed by atoms with E-state index in [2.05, 4.69) is 15.3 Å². The average Bonchev–Trinajstić information content (AvgIpc) is 2.36. The van der Waals surface area contributed by atoms with Gasteiger partial charge in [0.15, 0.2) is 0 Å². The number of rotatable bonds is 4. The summed E-state index contributed by atoms with van der Waals surface area (Å²) in [6.45, 7) is 0.197. The standard InChI is InChI=1S/C12H12ClFN4O/c1-19-9-4-2-3-8(14)7(9)6-16-11-5-10(13)17-12(15)18-11/h2-5H,6H2,1H3,(H3,15,16,17,18). The van der Waals surface area contributed by atoms with Gasteiger partial charge in [-0.15, -0.1) is 0 Å². The Hall–Kier alpha value is -2.08. The second kappa shape index (κ2) is 5.71. The number of ether oxygens (including phenoxy) is 1. The lowest BCUT2D eigenvalue weighted by molar-refractivity contribution is 0.405. The lowest BCUT2D eigenvalue weighted by Crippen LogP contribution is -2.07. The van der Waals surface area contributed by atoms with Gasteiger partial charge in [-0.2, -0.15) is 4.98 Å². The zero-order chi connectivity index (χ0) is 13.8. The first-order chi connectivity index (χ1) is 9.10. The second-order valence-corrected chi connectivity index (χ2v) is 4.10. The van der Waals surface area contributed by atoms with E-state index in [4.69, 9.17) is 22.1 Å². The molecule has 2 rings (SSSR count). The van der Waals surface area contributed by atoms with E-state index in [0.717, 1.165) is 0 Å². The molecule has 0 amide bonds. The van der Waals surface area contributed by atoms with Gasteiger partial charge in [-0.1, -0.05) is 17.7 Å². The van der Waals surface area contributed by atoms with Crippen molar-refractivity contribution < 1.29 is 9.13 Å². The third kappa shape index (κ3) is 3.23. The molecule has 5 nitrogen and oxygen atoms in total. The molecule has 0 aliphatic heterocycles. The van der Waals surface area contributed by atoms with Crippen LogP contribution in [0.25, 0.3) is 0 Å². The highest BCUT2D eigenvalue weighted by Gasteiger charge is 2.09. The van der Waals surface area contributed by atoms with E-state index in [1.165, 1.54) is 19.2 Å². The number of hydrogen-bond acceptors (Lipinski definition) is 5. The Morgan fingerprint density at radius 2 is 2.21 bits per heavy atom. The zero-order valence-electron chi connectivity index (χ0n) is 10.2. The number of nitrogens with two attached hydrogens (primary N) is 1. The number of anilines is 2. The van der Waals surface area contributed by atoms with E-state index in [1.807, 2.05) is 0 Å². The minimum Gasteiger partial charge on any atom is -0.496 e. The van der Waals surface area contributed by atoms with Gasteiger partial charge < -0.3 is 15.8 Å². The van der Waals surface area contributed by atoms with Crippen LogP contribution in [0.2, 0.25) is 5.15 Å². The minimum atomic E-state index is -0.361. The van der Waals surface area contributed by atoms with Crippen LogP contribution in [-0.2, 0) is 6.54 Å². The fourth-order valence-corrected chi connectivity index (χ4v) is 1.80. The SMILES string of the molecule is COc1cccc(F)c1CNc1cc(Cl)nc(N)n1. The van der Waals surface area contributed by atoms with Crippen LogP contribution in [0.15, 0.2) is 24.3 Å². The van der Waals surface area contributed by atoms with Crippen LogP contribution in [0, 0.1) is 5.82 Å². The van der Waals surface area contributed by atoms with Crippen LogP contribution in [-0.4, -0.2) is 17.1 Å². The summed E-state index contributed by atoms with van der Waals surface area (Å²) in [6, 6.07) is 6.13. The number of halogens is 2. The van der Waals surface area contributed by atoms with E-state index in [0.29, 0.717) is 17.1 Å². The highest BCUT2D eigenvalue weighted by atomic mass is 35.5. The molecule has 0 fully saturated rings. The Labute approximate surface area is 114 Å². The van der Waals surface area contributed by atoms with E-state index < -0.39 is 0 Å². The normalized spacial score (nSPS) is 10.3. The molecule has 0 aliphatic rings. The number of nitrogens with zero attached hydrogens (tertiary/aromatic N) is 2. The molecule has 0 saturated heterocycles. The fourth-order valence-electron chi connectivity index (χ4n) is 1.61. The van der Waals surface area contributed by atoms with Gasteiger partial charge in [0, 0.05) is 18.2 Å². The molecule has 0 unspecified atom stereocenters. The van der Waals surface area contributed by atoms with Gasteiger partial charge in [0.05, 0.1) is 7.11 Å². The van der Waals surface area contributed by atoms with Crippen molar-refractivity contribution in [1.29, 1.82) is 0 Å². The third-order valence-corrected chi connectivity index (χ3v) is 2.65. The summed E-state index contributed by atoms with van der Waals surface area (Å²) in [7, 11) is 1.48. The highest BCUT2D eigenvalue weighted by molar-refractivity contribution is 6.29. The van der Waals surface area contributed by atoms with E-state index >= 15 is 0 Å². The number of hydrogen-bond donors (Lipinski definition) is 2. The highest BCUT2D eigenvalue weighted by Crippen LogP contribution is 2.22. The van der Waals surface area contributed by atoms with Crippen molar-refractivity contribution in [2.75, 3.05) is 18.2 Å². The van der Waals surface area contributed by atoms with Crippen LogP contribution < -0.4 is 15.8 Å². The lowest BCUT2D eigenvalue weighted by atomic mass is 10.2. The first kappa shape index (κ1) is 13.4. The molecular weight excluding hydrogens is 271 g/mol. The van der Waals surface area contributed by atoms with Crippen molar-refractivity contribution >= 4 is 23.4 Å². The van der Waals surface area contributed by atoms with Crippen LogP contribution in [0.4, 0.5) is 16.2 Å². The van der Waals surface area contributed by atoms with Gasteiger partial charge in [0.1, 0.15) is 22.5 Å². The maximum absolute atomic E-state index is 13.7. The predicted octanol–water partition coefficient (Wildman–Crippen LogP) is 2.47. The molecule has 7 heteroatoms. The van der Waals surface area contributed by atoms with E-state index in [9.17, 15) is 4.39 Å². The summed E-state index contributed by atoms with van der Waals surface area (Å²) in [4.78, 5) is 7.68. The Kier molecular flexibility index (Phi) is 4.01. The molecule has 0 saturated carbocycles. The summed E-state index contributed by atoms with van der Waals surface area (Å²) < 4.78 is 18.8. The van der Waals surface area contributed by atoms with Crippen molar-refractivity contribution in [1.82, 2.24) is 9.97 Å². The minimum absolute atomic E-state index is 0.0514. The maximum Gasteiger partial charge on any atom is 0.223 e. The largest absolute Gasteiger partial charge is 0.496 e. The van der Waals surface area contributed by atoms with Crippen molar-refractivity contribution in [3.05, 3.63) is 40.8 Å². The van der Waals surface area contributed by atoms with Crippen LogP contribution in [0.5, 0.6) is 5.75 Å². The zero-order valence-corrected chi connectivity index (χ0v) is 10.9. The first-order valence-electron chi connectivity index (χ1n) is 5.45. The Morgan fingerprint density at radius 1 is 1.42 bits per heavy atom. The number of aromatic nitrogens is 2. The van der Waals surface area contributed by atoms with Gasteiger partial charge >= 0.3 is 0 Å². The number of nitrogen functional groups attached to an aromatic ring is 1. The number of benzene rings is 1. The van der Waals surface area contributed by atoms with Crippen LogP contribution >= 0.6 is 11.6 Å². The van der Waals surface area contributed by atoms with Crippen molar-refractivity contribution in [3.8, 4) is 5.75 Å². The Bertz CT molecular complexity index is 574. The topological polar surface area (TPSA) is 73.1 Å². The van der Waals surface area contributed by atoms with Gasteiger partial charge in [0.2, 0.25) is 5.95 Å².